The van der Waals surface area contributed by atoms with E-state index >= 15 is 0 Å². The first kappa shape index (κ1) is 29.1. The summed E-state index contributed by atoms with van der Waals surface area (Å²) in [6.07, 6.45) is 9.65. The lowest BCUT2D eigenvalue weighted by Gasteiger charge is -2.33. The van der Waals surface area contributed by atoms with Crippen molar-refractivity contribution in [1.82, 2.24) is 25.2 Å². The second-order valence-electron chi connectivity index (χ2n) is 10.1. The molecule has 2 aliphatic rings. The largest absolute Gasteiger partial charge is 0.495 e. The summed E-state index contributed by atoms with van der Waals surface area (Å²) in [5.41, 5.74) is 4.48. The molecule has 1 fully saturated rings. The second kappa shape index (κ2) is 13.1. The van der Waals surface area contributed by atoms with Crippen molar-refractivity contribution in [3.63, 3.8) is 0 Å². The maximum absolute atomic E-state index is 11.7. The number of likely N-dealkylation sites (N-methyl/N-ethyl adjacent to an activating group) is 1. The van der Waals surface area contributed by atoms with Crippen LogP contribution in [0, 0.1) is 6.92 Å². The highest BCUT2D eigenvalue weighted by atomic mass is 35.5. The van der Waals surface area contributed by atoms with Crippen molar-refractivity contribution in [1.29, 1.82) is 0 Å². The van der Waals surface area contributed by atoms with Crippen molar-refractivity contribution in [3.8, 4) is 22.8 Å². The molecule has 11 heteroatoms. The van der Waals surface area contributed by atoms with Gasteiger partial charge in [-0.15, -0.1) is 0 Å². The second-order valence-corrected chi connectivity index (χ2v) is 10.6. The molecule has 1 saturated heterocycles. The summed E-state index contributed by atoms with van der Waals surface area (Å²) in [6.45, 7) is 9.53. The van der Waals surface area contributed by atoms with Gasteiger partial charge in [0.05, 0.1) is 19.0 Å². The molecule has 0 radical (unpaired) electrons. The Morgan fingerprint density at radius 2 is 1.95 bits per heavy atom. The number of nitrogens with zero attached hydrogens (tertiary/aromatic N) is 5. The van der Waals surface area contributed by atoms with Crippen molar-refractivity contribution >= 4 is 35.0 Å². The van der Waals surface area contributed by atoms with E-state index in [2.05, 4.69) is 56.2 Å². The first-order chi connectivity index (χ1) is 20.3. The third-order valence-electron chi connectivity index (χ3n) is 7.15. The summed E-state index contributed by atoms with van der Waals surface area (Å²) < 4.78 is 11.7. The lowest BCUT2D eigenvalue weighted by molar-refractivity contribution is -0.115. The van der Waals surface area contributed by atoms with Gasteiger partial charge in [-0.3, -0.25) is 4.79 Å². The number of aryl methyl sites for hydroxylation is 1. The zero-order valence-electron chi connectivity index (χ0n) is 24.0. The minimum atomic E-state index is -0.275. The van der Waals surface area contributed by atoms with Gasteiger partial charge < -0.3 is 29.9 Å². The highest BCUT2D eigenvalue weighted by Gasteiger charge is 2.18. The Morgan fingerprint density at radius 1 is 1.14 bits per heavy atom. The fourth-order valence-corrected chi connectivity index (χ4v) is 4.93. The molecule has 3 aromatic rings. The van der Waals surface area contributed by atoms with Crippen LogP contribution in [-0.4, -0.2) is 66.1 Å². The van der Waals surface area contributed by atoms with Crippen LogP contribution in [0.1, 0.15) is 18.4 Å². The van der Waals surface area contributed by atoms with E-state index in [0.29, 0.717) is 36.0 Å². The van der Waals surface area contributed by atoms with Crippen LogP contribution in [-0.2, 0) is 4.79 Å². The average Bonchev–Trinajstić information content (AvgIpc) is 3.00. The van der Waals surface area contributed by atoms with E-state index in [1.165, 1.54) is 12.3 Å². The fourth-order valence-electron chi connectivity index (χ4n) is 4.80. The number of nitrogens with one attached hydrogen (secondary N) is 2. The summed E-state index contributed by atoms with van der Waals surface area (Å²) >= 11 is 6.36. The minimum absolute atomic E-state index is 0.187. The van der Waals surface area contributed by atoms with Crippen molar-refractivity contribution < 1.29 is 14.3 Å². The van der Waals surface area contributed by atoms with Crippen molar-refractivity contribution in [2.24, 2.45) is 0 Å². The molecule has 5 rings (SSSR count). The minimum Gasteiger partial charge on any atom is -0.495 e. The van der Waals surface area contributed by atoms with Crippen LogP contribution in [0.25, 0.3) is 11.1 Å². The molecular formula is C31H34ClN7O3. The highest BCUT2D eigenvalue weighted by Crippen LogP contribution is 2.36. The van der Waals surface area contributed by atoms with E-state index in [9.17, 15) is 4.79 Å². The van der Waals surface area contributed by atoms with Gasteiger partial charge in [-0.25, -0.2) is 9.97 Å². The van der Waals surface area contributed by atoms with Crippen molar-refractivity contribution in [3.05, 3.63) is 83.5 Å². The predicted octanol–water partition coefficient (Wildman–Crippen LogP) is 5.25. The highest BCUT2D eigenvalue weighted by molar-refractivity contribution is 6.31. The summed E-state index contributed by atoms with van der Waals surface area (Å²) in [5.74, 6) is 2.34. The summed E-state index contributed by atoms with van der Waals surface area (Å²) in [7, 11) is 3.77. The zero-order chi connectivity index (χ0) is 29.6. The Labute approximate surface area is 250 Å². The molecule has 0 saturated carbocycles. The molecule has 10 nitrogen and oxygen atoms in total. The summed E-state index contributed by atoms with van der Waals surface area (Å²) in [5, 5.41) is 6.26. The molecular weight excluding hydrogens is 554 g/mol. The van der Waals surface area contributed by atoms with E-state index in [1.54, 1.807) is 13.2 Å². The Morgan fingerprint density at radius 3 is 2.67 bits per heavy atom. The topological polar surface area (TPSA) is 105 Å². The standard InChI is InChI=1S/C31H34ClN7O3/c1-5-29(40)35-22-7-6-8-23(16-22)42-30-25(32)19-34-31(37-30)36-26-15-20(2)24(17-27(26)41-4)21-9-10-28(33-18-21)39-13-11-38(3)12-14-39/h5,8-10,15-19H,1,6-7,11-14H2,2-4H3,(H,35,40)(H,34,36,37). The van der Waals surface area contributed by atoms with Gasteiger partial charge >= 0.3 is 0 Å². The van der Waals surface area contributed by atoms with Crippen LogP contribution in [0.3, 0.4) is 0 Å². The van der Waals surface area contributed by atoms with Crippen molar-refractivity contribution in [2.75, 3.05) is 50.6 Å². The number of methoxy groups -OCH3 is 1. The molecule has 1 aliphatic heterocycles. The lowest BCUT2D eigenvalue weighted by Crippen LogP contribution is -2.44. The van der Waals surface area contributed by atoms with E-state index in [1.807, 2.05) is 31.3 Å². The number of carbonyl (C=O) groups is 1. The number of halogens is 1. The quantitative estimate of drug-likeness (QED) is 0.325. The SMILES string of the molecule is C=CC(=O)NC1=CC(Oc2nc(Nc3cc(C)c(-c4ccc(N5CCN(C)CC5)nc4)cc3OC)ncc2Cl)=CCC1. The zero-order valence-corrected chi connectivity index (χ0v) is 24.7. The smallest absolute Gasteiger partial charge is 0.247 e. The molecule has 2 aromatic heterocycles. The number of ether oxygens (including phenoxy) is 2. The van der Waals surface area contributed by atoms with Crippen molar-refractivity contribution in [2.45, 2.75) is 19.8 Å². The molecule has 0 unspecified atom stereocenters. The number of hydrogen-bond acceptors (Lipinski definition) is 9. The van der Waals surface area contributed by atoms with Gasteiger partial charge in [-0.05, 0) is 80.4 Å². The first-order valence-corrected chi connectivity index (χ1v) is 14.1. The molecule has 0 bridgehead atoms. The predicted molar refractivity (Wildman–Crippen MR) is 165 cm³/mol. The number of amides is 1. The number of pyridine rings is 1. The third-order valence-corrected chi connectivity index (χ3v) is 7.41. The number of rotatable bonds is 9. The van der Waals surface area contributed by atoms with Gasteiger partial charge in [0.25, 0.3) is 0 Å². The summed E-state index contributed by atoms with van der Waals surface area (Å²) in [6, 6.07) is 8.15. The van der Waals surface area contributed by atoms with Crippen LogP contribution in [0.2, 0.25) is 5.02 Å². The van der Waals surface area contributed by atoms with E-state index in [-0.39, 0.29) is 16.8 Å². The maximum Gasteiger partial charge on any atom is 0.247 e. The van der Waals surface area contributed by atoms with Crippen LogP contribution >= 0.6 is 11.6 Å². The normalized spacial score (nSPS) is 15.4. The lowest BCUT2D eigenvalue weighted by atomic mass is 10.0. The number of carbonyl (C=O) groups excluding carboxylic acids is 1. The van der Waals surface area contributed by atoms with Crippen LogP contribution < -0.4 is 25.0 Å². The van der Waals surface area contributed by atoms with Crippen LogP contribution in [0.5, 0.6) is 11.6 Å². The molecule has 0 atom stereocenters. The monoisotopic (exact) mass is 587 g/mol. The van der Waals surface area contributed by atoms with Gasteiger partial charge in [0.1, 0.15) is 22.3 Å². The van der Waals surface area contributed by atoms with Gasteiger partial charge in [0, 0.05) is 43.6 Å². The Kier molecular flexibility index (Phi) is 9.04. The third kappa shape index (κ3) is 6.89. The van der Waals surface area contributed by atoms with E-state index < -0.39 is 0 Å². The molecule has 1 amide bonds. The van der Waals surface area contributed by atoms with E-state index in [4.69, 9.17) is 26.1 Å². The number of piperazine rings is 1. The molecule has 1 aliphatic carbocycles. The number of aromatic nitrogens is 3. The number of benzene rings is 1. The Hall–Kier alpha value is -4.41. The Bertz CT molecular complexity index is 1530. The average molecular weight is 588 g/mol. The molecule has 1 aromatic carbocycles. The van der Waals surface area contributed by atoms with E-state index in [0.717, 1.165) is 54.4 Å². The van der Waals surface area contributed by atoms with Crippen LogP contribution in [0.4, 0.5) is 17.5 Å². The molecule has 2 N–H and O–H groups in total. The Balaban J connectivity index is 1.32. The molecule has 42 heavy (non-hydrogen) atoms. The molecule has 3 heterocycles. The fraction of sp³-hybridized carbons (Fsp3) is 0.290. The number of allylic oxidation sites excluding steroid dienone is 3. The summed E-state index contributed by atoms with van der Waals surface area (Å²) in [4.78, 5) is 29.9. The first-order valence-electron chi connectivity index (χ1n) is 13.7. The number of hydrogen-bond donors (Lipinski definition) is 2. The van der Waals surface area contributed by atoms with Gasteiger partial charge in [0.15, 0.2) is 0 Å². The van der Waals surface area contributed by atoms with Crippen LogP contribution in [0.15, 0.2) is 72.9 Å². The van der Waals surface area contributed by atoms with Gasteiger partial charge in [-0.2, -0.15) is 4.98 Å². The maximum atomic E-state index is 11.7. The molecule has 0 spiro atoms. The molecule has 218 valence electrons. The van der Waals surface area contributed by atoms with Gasteiger partial charge in [0.2, 0.25) is 17.7 Å². The number of anilines is 3. The van der Waals surface area contributed by atoms with Gasteiger partial charge in [-0.1, -0.05) is 18.2 Å².